The van der Waals surface area contributed by atoms with Crippen LogP contribution in [0.5, 0.6) is 0 Å². The minimum atomic E-state index is -3.71. The lowest BCUT2D eigenvalue weighted by atomic mass is 10.3. The second-order valence-electron chi connectivity index (χ2n) is 2.70. The number of alkyl halides is 2. The molecule has 13 heavy (non-hydrogen) atoms. The van der Waals surface area contributed by atoms with Crippen LogP contribution in [-0.4, -0.2) is 42.0 Å². The molecule has 0 atom stereocenters. The van der Waals surface area contributed by atoms with Crippen LogP contribution < -0.4 is 0 Å². The molecule has 0 saturated heterocycles. The maximum absolute atomic E-state index is 12.5. The molecule has 0 aromatic heterocycles. The highest BCUT2D eigenvalue weighted by molar-refractivity contribution is 5.75. The molecule has 0 fully saturated rings. The van der Waals surface area contributed by atoms with Gasteiger partial charge in [-0.3, -0.25) is 4.90 Å². The maximum atomic E-state index is 12.5. The fraction of sp³-hybridized carbons (Fsp3) is 0.625. The lowest BCUT2D eigenvalue weighted by Crippen LogP contribution is -2.41. The molecule has 0 amide bonds. The van der Waals surface area contributed by atoms with Crippen molar-refractivity contribution in [1.29, 1.82) is 0 Å². The number of rotatable bonds is 5. The van der Waals surface area contributed by atoms with Gasteiger partial charge in [0.15, 0.2) is 0 Å². The molecule has 0 rings (SSSR count). The van der Waals surface area contributed by atoms with Crippen molar-refractivity contribution < 1.29 is 18.7 Å². The summed E-state index contributed by atoms with van der Waals surface area (Å²) in [7, 11) is 1.40. The Morgan fingerprint density at radius 3 is 2.62 bits per heavy atom. The van der Waals surface area contributed by atoms with Crippen LogP contribution in [0.15, 0.2) is 0 Å². The van der Waals surface area contributed by atoms with E-state index in [9.17, 15) is 13.6 Å². The molecular formula is C8H11F2NO2. The van der Waals surface area contributed by atoms with Crippen molar-refractivity contribution in [2.45, 2.75) is 12.3 Å². The van der Waals surface area contributed by atoms with Crippen LogP contribution in [0.1, 0.15) is 6.42 Å². The summed E-state index contributed by atoms with van der Waals surface area (Å²) in [5.41, 5.74) is 0. The van der Waals surface area contributed by atoms with E-state index in [-0.39, 0.29) is 6.54 Å². The van der Waals surface area contributed by atoms with Crippen molar-refractivity contribution >= 4 is 5.97 Å². The Morgan fingerprint density at radius 1 is 1.69 bits per heavy atom. The largest absolute Gasteiger partial charge is 0.477 e. The second kappa shape index (κ2) is 4.77. The van der Waals surface area contributed by atoms with Gasteiger partial charge in [0.05, 0.1) is 6.54 Å². The molecular weight excluding hydrogens is 180 g/mol. The zero-order valence-electron chi connectivity index (χ0n) is 7.26. The van der Waals surface area contributed by atoms with Crippen LogP contribution in [0.2, 0.25) is 0 Å². The van der Waals surface area contributed by atoms with Gasteiger partial charge >= 0.3 is 11.9 Å². The molecule has 0 heterocycles. The smallest absolute Gasteiger partial charge is 0.375 e. The van der Waals surface area contributed by atoms with Gasteiger partial charge in [-0.05, 0) is 7.05 Å². The first-order valence-electron chi connectivity index (χ1n) is 3.63. The molecule has 74 valence electrons. The molecule has 0 radical (unpaired) electrons. The predicted octanol–water partition coefficient (Wildman–Crippen LogP) is 0.661. The highest BCUT2D eigenvalue weighted by Crippen LogP contribution is 2.14. The summed E-state index contributed by atoms with van der Waals surface area (Å²) in [4.78, 5) is 11.2. The van der Waals surface area contributed by atoms with Gasteiger partial charge in [0.2, 0.25) is 0 Å². The van der Waals surface area contributed by atoms with Crippen molar-refractivity contribution in [2.24, 2.45) is 0 Å². The number of carboxylic acid groups (broad SMARTS) is 1. The van der Waals surface area contributed by atoms with Gasteiger partial charge in [-0.2, -0.15) is 8.78 Å². The number of halogens is 2. The zero-order valence-corrected chi connectivity index (χ0v) is 7.26. The standard InChI is InChI=1S/C8H11F2NO2/c1-3-4-5-11(2)6-8(9,10)7(12)13/h1H,4-6H2,2H3,(H,12,13). The predicted molar refractivity (Wildman–Crippen MR) is 43.5 cm³/mol. The summed E-state index contributed by atoms with van der Waals surface area (Å²) < 4.78 is 25.1. The highest BCUT2D eigenvalue weighted by atomic mass is 19.3. The van der Waals surface area contributed by atoms with Crippen molar-refractivity contribution in [3.63, 3.8) is 0 Å². The van der Waals surface area contributed by atoms with Gasteiger partial charge in [0.1, 0.15) is 0 Å². The summed E-state index contributed by atoms with van der Waals surface area (Å²) in [6.45, 7) is -0.552. The Kier molecular flexibility index (Phi) is 4.35. The quantitative estimate of drug-likeness (QED) is 0.649. The Labute approximate surface area is 75.3 Å². The van der Waals surface area contributed by atoms with E-state index in [2.05, 4.69) is 5.92 Å². The molecule has 0 spiro atoms. The van der Waals surface area contributed by atoms with E-state index in [0.29, 0.717) is 6.42 Å². The molecule has 0 saturated carbocycles. The molecule has 0 aliphatic rings. The van der Waals surface area contributed by atoms with Crippen LogP contribution in [-0.2, 0) is 4.79 Å². The number of carbonyl (C=O) groups is 1. The van der Waals surface area contributed by atoms with Gasteiger partial charge in [-0.15, -0.1) is 12.3 Å². The molecule has 3 nitrogen and oxygen atoms in total. The Hall–Kier alpha value is -1.15. The summed E-state index contributed by atoms with van der Waals surface area (Å²) in [5.74, 6) is -3.54. The average Bonchev–Trinajstić information content (AvgIpc) is 1.99. The number of hydrogen-bond acceptors (Lipinski definition) is 2. The normalized spacial score (nSPS) is 11.3. The second-order valence-corrected chi connectivity index (χ2v) is 2.70. The maximum Gasteiger partial charge on any atom is 0.375 e. The molecule has 0 unspecified atom stereocenters. The molecule has 1 N–H and O–H groups in total. The van der Waals surface area contributed by atoms with Crippen molar-refractivity contribution in [3.05, 3.63) is 0 Å². The van der Waals surface area contributed by atoms with Gasteiger partial charge < -0.3 is 5.11 Å². The van der Waals surface area contributed by atoms with E-state index in [4.69, 9.17) is 11.5 Å². The third kappa shape index (κ3) is 4.43. The summed E-state index contributed by atoms with van der Waals surface area (Å²) in [5, 5.41) is 8.10. The molecule has 0 bridgehead atoms. The third-order valence-corrected chi connectivity index (χ3v) is 1.42. The summed E-state index contributed by atoms with van der Waals surface area (Å²) in [6, 6.07) is 0. The van der Waals surface area contributed by atoms with Gasteiger partial charge in [0, 0.05) is 13.0 Å². The fourth-order valence-corrected chi connectivity index (χ4v) is 0.741. The molecule has 0 aliphatic carbocycles. The van der Waals surface area contributed by atoms with Crippen molar-refractivity contribution in [2.75, 3.05) is 20.1 Å². The highest BCUT2D eigenvalue weighted by Gasteiger charge is 2.39. The lowest BCUT2D eigenvalue weighted by Gasteiger charge is -2.19. The minimum Gasteiger partial charge on any atom is -0.477 e. The Bertz CT molecular complexity index is 223. The van der Waals surface area contributed by atoms with Crippen LogP contribution >= 0.6 is 0 Å². The van der Waals surface area contributed by atoms with E-state index >= 15 is 0 Å². The molecule has 0 aromatic rings. The van der Waals surface area contributed by atoms with Gasteiger partial charge in [0.25, 0.3) is 0 Å². The van der Waals surface area contributed by atoms with E-state index in [0.717, 1.165) is 0 Å². The minimum absolute atomic E-state index is 0.263. The van der Waals surface area contributed by atoms with E-state index in [1.165, 1.54) is 11.9 Å². The summed E-state index contributed by atoms with van der Waals surface area (Å²) in [6.07, 6.45) is 5.25. The number of hydrogen-bond donors (Lipinski definition) is 1. The first-order chi connectivity index (χ1) is 5.90. The fourth-order valence-electron chi connectivity index (χ4n) is 0.741. The first-order valence-corrected chi connectivity index (χ1v) is 3.63. The van der Waals surface area contributed by atoms with Crippen LogP contribution in [0.3, 0.4) is 0 Å². The first kappa shape index (κ1) is 11.8. The lowest BCUT2D eigenvalue weighted by molar-refractivity contribution is -0.166. The molecule has 0 aliphatic heterocycles. The number of carboxylic acids is 1. The Balaban J connectivity index is 3.98. The van der Waals surface area contributed by atoms with Crippen molar-refractivity contribution in [3.8, 4) is 12.3 Å². The SMILES string of the molecule is C#CCCN(C)CC(F)(F)C(=O)O. The van der Waals surface area contributed by atoms with Crippen molar-refractivity contribution in [1.82, 2.24) is 4.90 Å². The topological polar surface area (TPSA) is 40.5 Å². The third-order valence-electron chi connectivity index (χ3n) is 1.42. The summed E-state index contributed by atoms with van der Waals surface area (Å²) >= 11 is 0. The number of aliphatic carboxylic acids is 1. The van der Waals surface area contributed by atoms with E-state index in [1.807, 2.05) is 0 Å². The van der Waals surface area contributed by atoms with Gasteiger partial charge in [-0.1, -0.05) is 0 Å². The van der Waals surface area contributed by atoms with Gasteiger partial charge in [-0.25, -0.2) is 4.79 Å². The number of terminal acetylenes is 1. The van der Waals surface area contributed by atoms with Crippen LogP contribution in [0, 0.1) is 12.3 Å². The van der Waals surface area contributed by atoms with Crippen LogP contribution in [0.4, 0.5) is 8.78 Å². The van der Waals surface area contributed by atoms with E-state index < -0.39 is 18.4 Å². The zero-order chi connectivity index (χ0) is 10.5. The molecule has 0 aromatic carbocycles. The Morgan fingerprint density at radius 2 is 2.23 bits per heavy atom. The average molecular weight is 191 g/mol. The monoisotopic (exact) mass is 191 g/mol. The van der Waals surface area contributed by atoms with Crippen LogP contribution in [0.25, 0.3) is 0 Å². The molecule has 5 heteroatoms. The van der Waals surface area contributed by atoms with E-state index in [1.54, 1.807) is 0 Å². The number of nitrogens with zero attached hydrogens (tertiary/aromatic N) is 1.